The maximum atomic E-state index is 9.70. The average molecular weight is 249 g/mol. The predicted octanol–water partition coefficient (Wildman–Crippen LogP) is 2.94. The van der Waals surface area contributed by atoms with Crippen LogP contribution in [0.15, 0.2) is 18.2 Å². The lowest BCUT2D eigenvalue weighted by Gasteiger charge is -2.28. The van der Waals surface area contributed by atoms with Crippen molar-refractivity contribution in [3.05, 3.63) is 34.9 Å². The molecule has 0 fully saturated rings. The van der Waals surface area contributed by atoms with E-state index in [2.05, 4.69) is 51.2 Å². The molecule has 0 spiro atoms. The minimum Gasteiger partial charge on any atom is -0.389 e. The van der Waals surface area contributed by atoms with Gasteiger partial charge in [-0.25, -0.2) is 0 Å². The van der Waals surface area contributed by atoms with Crippen LogP contribution >= 0.6 is 0 Å². The second-order valence-electron chi connectivity index (χ2n) is 6.60. The van der Waals surface area contributed by atoms with E-state index >= 15 is 0 Å². The van der Waals surface area contributed by atoms with Gasteiger partial charge in [-0.05, 0) is 44.4 Å². The summed E-state index contributed by atoms with van der Waals surface area (Å²) in [6.45, 7) is 13.9. The predicted molar refractivity (Wildman–Crippen MR) is 78.1 cm³/mol. The molecule has 18 heavy (non-hydrogen) atoms. The van der Waals surface area contributed by atoms with Gasteiger partial charge in [-0.15, -0.1) is 0 Å². The zero-order valence-corrected chi connectivity index (χ0v) is 12.6. The van der Waals surface area contributed by atoms with E-state index in [-0.39, 0.29) is 5.41 Å². The molecular formula is C16H27NO. The first-order valence-electron chi connectivity index (χ1n) is 6.63. The third-order valence-electron chi connectivity index (χ3n) is 3.41. The van der Waals surface area contributed by atoms with Crippen molar-refractivity contribution >= 4 is 0 Å². The Balaban J connectivity index is 2.70. The SMILES string of the molecule is Cc1ccc(C(C)(C)CNCC(C)(C)O)cc1C. The molecule has 2 N–H and O–H groups in total. The van der Waals surface area contributed by atoms with Crippen molar-refractivity contribution < 1.29 is 5.11 Å². The molecule has 0 heterocycles. The fraction of sp³-hybridized carbons (Fsp3) is 0.625. The molecule has 1 aromatic carbocycles. The van der Waals surface area contributed by atoms with E-state index in [9.17, 15) is 5.11 Å². The van der Waals surface area contributed by atoms with Gasteiger partial charge < -0.3 is 10.4 Å². The van der Waals surface area contributed by atoms with Crippen LogP contribution in [0.2, 0.25) is 0 Å². The van der Waals surface area contributed by atoms with Crippen molar-refractivity contribution in [3.63, 3.8) is 0 Å². The summed E-state index contributed by atoms with van der Waals surface area (Å²) < 4.78 is 0. The van der Waals surface area contributed by atoms with Crippen LogP contribution in [0.3, 0.4) is 0 Å². The van der Waals surface area contributed by atoms with Crippen molar-refractivity contribution in [2.24, 2.45) is 0 Å². The van der Waals surface area contributed by atoms with Crippen LogP contribution in [0.4, 0.5) is 0 Å². The molecule has 0 aliphatic rings. The van der Waals surface area contributed by atoms with Crippen LogP contribution in [0.1, 0.15) is 44.4 Å². The molecule has 0 saturated carbocycles. The topological polar surface area (TPSA) is 32.3 Å². The first-order valence-corrected chi connectivity index (χ1v) is 6.63. The van der Waals surface area contributed by atoms with Gasteiger partial charge in [0, 0.05) is 18.5 Å². The Morgan fingerprint density at radius 1 is 1.00 bits per heavy atom. The Labute approximate surface area is 111 Å². The fourth-order valence-corrected chi connectivity index (χ4v) is 1.95. The molecular weight excluding hydrogens is 222 g/mol. The Morgan fingerprint density at radius 3 is 2.11 bits per heavy atom. The highest BCUT2D eigenvalue weighted by Crippen LogP contribution is 2.24. The van der Waals surface area contributed by atoms with Gasteiger partial charge in [-0.2, -0.15) is 0 Å². The maximum Gasteiger partial charge on any atom is 0.0715 e. The highest BCUT2D eigenvalue weighted by molar-refractivity contribution is 5.34. The molecule has 0 aromatic heterocycles. The van der Waals surface area contributed by atoms with E-state index in [0.29, 0.717) is 6.54 Å². The van der Waals surface area contributed by atoms with E-state index < -0.39 is 5.60 Å². The first-order chi connectivity index (χ1) is 8.12. The first kappa shape index (κ1) is 15.2. The highest BCUT2D eigenvalue weighted by Gasteiger charge is 2.22. The Hall–Kier alpha value is -0.860. The lowest BCUT2D eigenvalue weighted by Crippen LogP contribution is -2.41. The van der Waals surface area contributed by atoms with Gasteiger partial charge >= 0.3 is 0 Å². The van der Waals surface area contributed by atoms with Crippen LogP contribution in [-0.2, 0) is 5.41 Å². The lowest BCUT2D eigenvalue weighted by molar-refractivity contribution is 0.0785. The molecule has 1 rings (SSSR count). The monoisotopic (exact) mass is 249 g/mol. The summed E-state index contributed by atoms with van der Waals surface area (Å²) in [7, 11) is 0. The number of nitrogens with one attached hydrogen (secondary N) is 1. The quantitative estimate of drug-likeness (QED) is 0.841. The molecule has 2 nitrogen and oxygen atoms in total. The van der Waals surface area contributed by atoms with Gasteiger partial charge in [0.2, 0.25) is 0 Å². The van der Waals surface area contributed by atoms with Gasteiger partial charge in [-0.1, -0.05) is 32.0 Å². The summed E-state index contributed by atoms with van der Waals surface area (Å²) in [6, 6.07) is 6.65. The molecule has 0 saturated heterocycles. The standard InChI is InChI=1S/C16H27NO/c1-12-7-8-14(9-13(12)2)15(3,4)10-17-11-16(5,6)18/h7-9,17-18H,10-11H2,1-6H3. The Bertz CT molecular complexity index is 402. The van der Waals surface area contributed by atoms with Crippen molar-refractivity contribution in [1.82, 2.24) is 5.32 Å². The zero-order valence-electron chi connectivity index (χ0n) is 12.6. The third-order valence-corrected chi connectivity index (χ3v) is 3.41. The maximum absolute atomic E-state index is 9.70. The largest absolute Gasteiger partial charge is 0.389 e. The summed E-state index contributed by atoms with van der Waals surface area (Å²) >= 11 is 0. The average Bonchev–Trinajstić information content (AvgIpc) is 2.19. The van der Waals surface area contributed by atoms with E-state index in [4.69, 9.17) is 0 Å². The van der Waals surface area contributed by atoms with Crippen molar-refractivity contribution in [2.75, 3.05) is 13.1 Å². The molecule has 0 bridgehead atoms. The van der Waals surface area contributed by atoms with Gasteiger partial charge in [0.15, 0.2) is 0 Å². The smallest absolute Gasteiger partial charge is 0.0715 e. The lowest BCUT2D eigenvalue weighted by atomic mass is 9.83. The van der Waals surface area contributed by atoms with Gasteiger partial charge in [0.1, 0.15) is 0 Å². The van der Waals surface area contributed by atoms with Crippen LogP contribution in [-0.4, -0.2) is 23.8 Å². The minimum absolute atomic E-state index is 0.0731. The number of aryl methyl sites for hydroxylation is 2. The zero-order chi connectivity index (χ0) is 14.0. The van der Waals surface area contributed by atoms with E-state index in [1.54, 1.807) is 0 Å². The summed E-state index contributed by atoms with van der Waals surface area (Å²) in [5.74, 6) is 0. The fourth-order valence-electron chi connectivity index (χ4n) is 1.95. The Morgan fingerprint density at radius 2 is 1.61 bits per heavy atom. The second kappa shape index (κ2) is 5.41. The molecule has 0 unspecified atom stereocenters. The number of aliphatic hydroxyl groups is 1. The molecule has 1 aromatic rings. The Kier molecular flexibility index (Phi) is 4.57. The summed E-state index contributed by atoms with van der Waals surface area (Å²) in [5, 5.41) is 13.1. The number of benzene rings is 1. The molecule has 0 radical (unpaired) electrons. The van der Waals surface area contributed by atoms with E-state index in [0.717, 1.165) is 6.54 Å². The summed E-state index contributed by atoms with van der Waals surface area (Å²) in [6.07, 6.45) is 0. The van der Waals surface area contributed by atoms with E-state index in [1.165, 1.54) is 16.7 Å². The molecule has 2 heteroatoms. The molecule has 0 atom stereocenters. The second-order valence-corrected chi connectivity index (χ2v) is 6.60. The van der Waals surface area contributed by atoms with Crippen molar-refractivity contribution in [2.45, 2.75) is 52.6 Å². The van der Waals surface area contributed by atoms with Crippen molar-refractivity contribution in [1.29, 1.82) is 0 Å². The third kappa shape index (κ3) is 4.43. The van der Waals surface area contributed by atoms with Crippen LogP contribution in [0.5, 0.6) is 0 Å². The molecule has 0 aliphatic heterocycles. The normalized spacial score (nSPS) is 12.8. The number of hydrogen-bond acceptors (Lipinski definition) is 2. The van der Waals surface area contributed by atoms with Gasteiger partial charge in [0.25, 0.3) is 0 Å². The minimum atomic E-state index is -0.653. The van der Waals surface area contributed by atoms with Crippen molar-refractivity contribution in [3.8, 4) is 0 Å². The molecule has 102 valence electrons. The van der Waals surface area contributed by atoms with Crippen LogP contribution in [0.25, 0.3) is 0 Å². The highest BCUT2D eigenvalue weighted by atomic mass is 16.3. The van der Waals surface area contributed by atoms with Crippen LogP contribution in [0, 0.1) is 13.8 Å². The number of rotatable bonds is 5. The summed E-state index contributed by atoms with van der Waals surface area (Å²) in [5.41, 5.74) is 3.43. The molecule has 0 aliphatic carbocycles. The van der Waals surface area contributed by atoms with E-state index in [1.807, 2.05) is 13.8 Å². The molecule has 0 amide bonds. The van der Waals surface area contributed by atoms with Gasteiger partial charge in [-0.3, -0.25) is 0 Å². The van der Waals surface area contributed by atoms with Gasteiger partial charge in [0.05, 0.1) is 5.60 Å². The number of hydrogen-bond donors (Lipinski definition) is 2. The summed E-state index contributed by atoms with van der Waals surface area (Å²) in [4.78, 5) is 0. The van der Waals surface area contributed by atoms with Crippen LogP contribution < -0.4 is 5.32 Å².